The Labute approximate surface area is 207 Å². The molecule has 0 radical (unpaired) electrons. The molecule has 2 aromatic carbocycles. The molecule has 1 aliphatic rings. The fourth-order valence-electron chi connectivity index (χ4n) is 4.71. The van der Waals surface area contributed by atoms with Crippen molar-refractivity contribution < 1.29 is 19.4 Å². The number of ether oxygens (including phenoxy) is 1. The maximum Gasteiger partial charge on any atom is 0.267 e. The average molecular weight is 490 g/mol. The largest absolute Gasteiger partial charge is 0.390 e. The Morgan fingerprint density at radius 1 is 1.17 bits per heavy atom. The predicted molar refractivity (Wildman–Crippen MR) is 138 cm³/mol. The zero-order valence-electron chi connectivity index (χ0n) is 19.9. The second kappa shape index (κ2) is 9.47. The Balaban J connectivity index is 1.45. The van der Waals surface area contributed by atoms with Gasteiger partial charge in [-0.3, -0.25) is 14.5 Å². The smallest absolute Gasteiger partial charge is 0.267 e. The maximum absolute atomic E-state index is 13.3. The van der Waals surface area contributed by atoms with Gasteiger partial charge in [0.25, 0.3) is 5.91 Å². The van der Waals surface area contributed by atoms with Crippen LogP contribution in [0.2, 0.25) is 0 Å². The number of fused-ring (bicyclic) bond motifs is 2. The second-order valence-electron chi connectivity index (χ2n) is 9.00. The summed E-state index contributed by atoms with van der Waals surface area (Å²) in [5, 5.41) is 14.4. The molecule has 5 rings (SSSR count). The van der Waals surface area contributed by atoms with E-state index in [4.69, 9.17) is 4.74 Å². The predicted octanol–water partition coefficient (Wildman–Crippen LogP) is 4.54. The SMILES string of the molecule is COCc1ccc(C(C)=O)c2sc(C(=O)Nc3ccc4c(CN5CC(O)C5)cccc4n3)c(C)c12. The average Bonchev–Trinajstić information content (AvgIpc) is 3.16. The van der Waals surface area contributed by atoms with Crippen LogP contribution in [0.4, 0.5) is 5.82 Å². The van der Waals surface area contributed by atoms with Crippen molar-refractivity contribution in [1.29, 1.82) is 0 Å². The number of aryl methyl sites for hydroxylation is 1. The number of β-amino-alcohol motifs (C(OH)–C–C–N with tert-alkyl or cyclic N) is 1. The standard InChI is InChI=1S/C27H27N3O4S/c1-15-24-18(14-34-3)7-8-20(16(2)31)26(24)35-25(15)27(33)29-23-10-9-21-17(5-4-6-22(21)28-23)11-30-12-19(32)13-30/h4-10,19,32H,11-14H2,1-3H3,(H,28,29,33). The summed E-state index contributed by atoms with van der Waals surface area (Å²) in [6, 6.07) is 13.5. The van der Waals surface area contributed by atoms with Gasteiger partial charge in [-0.25, -0.2) is 4.98 Å². The lowest BCUT2D eigenvalue weighted by Gasteiger charge is -2.36. The lowest BCUT2D eigenvalue weighted by Crippen LogP contribution is -2.49. The number of hydrogen-bond acceptors (Lipinski definition) is 7. The number of anilines is 1. The van der Waals surface area contributed by atoms with Gasteiger partial charge < -0.3 is 15.2 Å². The third-order valence-electron chi connectivity index (χ3n) is 6.44. The van der Waals surface area contributed by atoms with Crippen LogP contribution in [0.3, 0.4) is 0 Å². The molecule has 180 valence electrons. The van der Waals surface area contributed by atoms with Gasteiger partial charge in [0, 0.05) is 47.8 Å². The molecule has 1 amide bonds. The monoisotopic (exact) mass is 489 g/mol. The highest BCUT2D eigenvalue weighted by molar-refractivity contribution is 7.21. The number of nitrogens with one attached hydrogen (secondary N) is 1. The first-order valence-corrected chi connectivity index (χ1v) is 12.3. The van der Waals surface area contributed by atoms with E-state index < -0.39 is 0 Å². The summed E-state index contributed by atoms with van der Waals surface area (Å²) in [4.78, 5) is 32.9. The van der Waals surface area contributed by atoms with Crippen molar-refractivity contribution in [3.8, 4) is 0 Å². The Bertz CT molecular complexity index is 1460. The molecule has 4 aromatic rings. The summed E-state index contributed by atoms with van der Waals surface area (Å²) in [6.45, 7) is 5.97. The van der Waals surface area contributed by atoms with Crippen molar-refractivity contribution in [3.05, 3.63) is 69.6 Å². The molecule has 3 heterocycles. The number of aliphatic hydroxyl groups is 1. The van der Waals surface area contributed by atoms with Gasteiger partial charge in [0.2, 0.25) is 0 Å². The minimum absolute atomic E-state index is 0.0353. The molecule has 0 unspecified atom stereocenters. The van der Waals surface area contributed by atoms with Gasteiger partial charge in [-0.2, -0.15) is 0 Å². The van der Waals surface area contributed by atoms with Crippen LogP contribution in [-0.2, 0) is 17.9 Å². The van der Waals surface area contributed by atoms with Gasteiger partial charge in [-0.15, -0.1) is 11.3 Å². The summed E-state index contributed by atoms with van der Waals surface area (Å²) < 4.78 is 6.15. The Kier molecular flexibility index (Phi) is 6.37. The summed E-state index contributed by atoms with van der Waals surface area (Å²) in [7, 11) is 1.63. The Morgan fingerprint density at radius 2 is 1.97 bits per heavy atom. The number of Topliss-reactive ketones (excluding diaryl/α,β-unsaturated/α-hetero) is 1. The number of methoxy groups -OCH3 is 1. The van der Waals surface area contributed by atoms with Crippen molar-refractivity contribution in [1.82, 2.24) is 9.88 Å². The van der Waals surface area contributed by atoms with E-state index in [0.717, 1.165) is 44.2 Å². The normalized spacial score (nSPS) is 14.4. The van der Waals surface area contributed by atoms with E-state index in [1.54, 1.807) is 13.2 Å². The molecule has 1 aliphatic heterocycles. The Hall–Kier alpha value is -3.17. The second-order valence-corrected chi connectivity index (χ2v) is 10.0. The van der Waals surface area contributed by atoms with E-state index in [1.165, 1.54) is 18.3 Å². The minimum Gasteiger partial charge on any atom is -0.390 e. The molecule has 7 nitrogen and oxygen atoms in total. The zero-order chi connectivity index (χ0) is 24.7. The molecule has 2 aromatic heterocycles. The molecule has 1 fully saturated rings. The zero-order valence-corrected chi connectivity index (χ0v) is 20.7. The van der Waals surface area contributed by atoms with Crippen molar-refractivity contribution in [3.63, 3.8) is 0 Å². The summed E-state index contributed by atoms with van der Waals surface area (Å²) in [5.41, 5.74) is 4.33. The molecule has 35 heavy (non-hydrogen) atoms. The number of amides is 1. The van der Waals surface area contributed by atoms with Crippen LogP contribution in [0, 0.1) is 6.92 Å². The quantitative estimate of drug-likeness (QED) is 0.371. The summed E-state index contributed by atoms with van der Waals surface area (Å²) >= 11 is 1.33. The fourth-order valence-corrected chi connectivity index (χ4v) is 6.03. The van der Waals surface area contributed by atoms with E-state index >= 15 is 0 Å². The van der Waals surface area contributed by atoms with Crippen LogP contribution < -0.4 is 5.32 Å². The van der Waals surface area contributed by atoms with Gasteiger partial charge in [-0.1, -0.05) is 18.2 Å². The van der Waals surface area contributed by atoms with Gasteiger partial charge in [-0.05, 0) is 54.8 Å². The van der Waals surface area contributed by atoms with Gasteiger partial charge in [0.05, 0.1) is 23.1 Å². The Morgan fingerprint density at radius 3 is 2.69 bits per heavy atom. The summed E-state index contributed by atoms with van der Waals surface area (Å²) in [6.07, 6.45) is -0.237. The number of likely N-dealkylation sites (tertiary alicyclic amines) is 1. The third-order valence-corrected chi connectivity index (χ3v) is 7.77. The highest BCUT2D eigenvalue weighted by Gasteiger charge is 2.25. The molecular weight excluding hydrogens is 462 g/mol. The number of rotatable bonds is 7. The summed E-state index contributed by atoms with van der Waals surface area (Å²) in [5.74, 6) is 0.186. The number of benzene rings is 2. The van der Waals surface area contributed by atoms with Crippen LogP contribution in [-0.4, -0.2) is 53.0 Å². The van der Waals surface area contributed by atoms with E-state index in [0.29, 0.717) is 36.0 Å². The van der Waals surface area contributed by atoms with E-state index in [1.807, 2.05) is 37.3 Å². The molecule has 1 saturated heterocycles. The molecule has 0 atom stereocenters. The maximum atomic E-state index is 13.3. The van der Waals surface area contributed by atoms with Gasteiger partial charge >= 0.3 is 0 Å². The number of aromatic nitrogens is 1. The number of hydrogen-bond donors (Lipinski definition) is 2. The topological polar surface area (TPSA) is 91.8 Å². The highest BCUT2D eigenvalue weighted by atomic mass is 32.1. The lowest BCUT2D eigenvalue weighted by atomic mass is 10.0. The lowest BCUT2D eigenvalue weighted by molar-refractivity contribution is -0.00263. The number of ketones is 1. The van der Waals surface area contributed by atoms with Crippen LogP contribution >= 0.6 is 11.3 Å². The van der Waals surface area contributed by atoms with Crippen molar-refractivity contribution in [2.75, 3.05) is 25.5 Å². The van der Waals surface area contributed by atoms with E-state index in [2.05, 4.69) is 21.3 Å². The van der Waals surface area contributed by atoms with Gasteiger partial charge in [0.1, 0.15) is 5.82 Å². The third kappa shape index (κ3) is 4.46. The van der Waals surface area contributed by atoms with Crippen LogP contribution in [0.1, 0.15) is 43.6 Å². The molecule has 8 heteroatoms. The number of thiophene rings is 1. The number of aliphatic hydroxyl groups excluding tert-OH is 1. The number of carbonyl (C=O) groups excluding carboxylic acids is 2. The van der Waals surface area contributed by atoms with Crippen molar-refractivity contribution >= 4 is 49.8 Å². The molecule has 0 spiro atoms. The fraction of sp³-hybridized carbons (Fsp3) is 0.296. The van der Waals surface area contributed by atoms with Crippen LogP contribution in [0.15, 0.2) is 42.5 Å². The molecule has 0 saturated carbocycles. The minimum atomic E-state index is -0.251. The van der Waals surface area contributed by atoms with Gasteiger partial charge in [0.15, 0.2) is 5.78 Å². The first-order chi connectivity index (χ1) is 16.9. The first kappa shape index (κ1) is 23.6. The van der Waals surface area contributed by atoms with Crippen molar-refractivity contribution in [2.45, 2.75) is 33.1 Å². The van der Waals surface area contributed by atoms with Crippen LogP contribution in [0.5, 0.6) is 0 Å². The highest BCUT2D eigenvalue weighted by Crippen LogP contribution is 2.37. The number of pyridine rings is 1. The van der Waals surface area contributed by atoms with E-state index in [9.17, 15) is 14.7 Å². The number of carbonyl (C=O) groups is 2. The molecular formula is C27H27N3O4S. The molecule has 0 bridgehead atoms. The number of nitrogens with zero attached hydrogens (tertiary/aromatic N) is 2. The van der Waals surface area contributed by atoms with Crippen molar-refractivity contribution in [2.24, 2.45) is 0 Å². The first-order valence-electron chi connectivity index (χ1n) is 11.5. The van der Waals surface area contributed by atoms with Crippen LogP contribution in [0.25, 0.3) is 21.0 Å². The van der Waals surface area contributed by atoms with E-state index in [-0.39, 0.29) is 17.8 Å². The molecule has 0 aliphatic carbocycles. The molecule has 2 N–H and O–H groups in total.